The largest absolute Gasteiger partial charge is 0.487 e. The first-order valence-electron chi connectivity index (χ1n) is 8.47. The number of hydrogen-bond acceptors (Lipinski definition) is 3. The van der Waals surface area contributed by atoms with Gasteiger partial charge in [-0.3, -0.25) is 0 Å². The molecule has 0 radical (unpaired) electrons. The molecule has 2 aromatic rings. The summed E-state index contributed by atoms with van der Waals surface area (Å²) in [5.74, 6) is -2.97. The van der Waals surface area contributed by atoms with Crippen molar-refractivity contribution in [3.63, 3.8) is 0 Å². The van der Waals surface area contributed by atoms with Gasteiger partial charge < -0.3 is 14.6 Å². The molecule has 1 aliphatic heterocycles. The molecule has 0 unspecified atom stereocenters. The number of carboxylic acid groups (broad SMARTS) is 1. The Morgan fingerprint density at radius 2 is 1.81 bits per heavy atom. The molecular weight excluding hydrogens is 361 g/mol. The van der Waals surface area contributed by atoms with Crippen molar-refractivity contribution in [2.45, 2.75) is 38.7 Å². The molecule has 27 heavy (non-hydrogen) atoms. The van der Waals surface area contributed by atoms with Crippen molar-refractivity contribution in [1.29, 1.82) is 0 Å². The lowest BCUT2D eigenvalue weighted by Gasteiger charge is -2.18. The molecule has 1 heterocycles. The minimum atomic E-state index is -1.25. The van der Waals surface area contributed by atoms with Crippen molar-refractivity contribution in [3.8, 4) is 11.5 Å². The number of carboxylic acids is 1. The maximum Gasteiger partial charge on any atom is 0.341 e. The zero-order valence-electron chi connectivity index (χ0n) is 14.9. The highest BCUT2D eigenvalue weighted by Crippen LogP contribution is 2.39. The molecule has 1 N–H and O–H groups in total. The molecule has 2 aromatic carbocycles. The lowest BCUT2D eigenvalue weighted by molar-refractivity contribution is -0.139. The average Bonchev–Trinajstić information content (AvgIpc) is 2.85. The van der Waals surface area contributed by atoms with Crippen molar-refractivity contribution in [2.75, 3.05) is 6.61 Å². The van der Waals surface area contributed by atoms with Gasteiger partial charge in [0.2, 0.25) is 0 Å². The maximum absolute atomic E-state index is 14.2. The number of carbonyl (C=O) groups is 1. The molecule has 0 fully saturated rings. The Labute approximate surface area is 154 Å². The summed E-state index contributed by atoms with van der Waals surface area (Å²) in [5, 5.41) is 8.56. The van der Waals surface area contributed by atoms with Crippen LogP contribution in [0.25, 0.3) is 0 Å². The van der Waals surface area contributed by atoms with Crippen LogP contribution in [0.3, 0.4) is 0 Å². The third-order valence-corrected chi connectivity index (χ3v) is 4.32. The minimum absolute atomic E-state index is 0.00341. The van der Waals surface area contributed by atoms with E-state index in [1.54, 1.807) is 0 Å². The lowest BCUT2D eigenvalue weighted by Crippen LogP contribution is -2.24. The van der Waals surface area contributed by atoms with E-state index in [0.29, 0.717) is 17.7 Å². The Balaban J connectivity index is 1.79. The summed E-state index contributed by atoms with van der Waals surface area (Å²) >= 11 is 0. The van der Waals surface area contributed by atoms with Gasteiger partial charge in [-0.05, 0) is 44.4 Å². The SMILES string of the molecule is CC1(C)Cc2cc(F)cc(CCc3c(F)cc(OCC(=O)O)cc3F)c2O1. The minimum Gasteiger partial charge on any atom is -0.487 e. The summed E-state index contributed by atoms with van der Waals surface area (Å²) in [6, 6.07) is 4.62. The van der Waals surface area contributed by atoms with E-state index in [2.05, 4.69) is 0 Å². The molecular formula is C20H19F3O4. The van der Waals surface area contributed by atoms with Crippen LogP contribution in [0.2, 0.25) is 0 Å². The lowest BCUT2D eigenvalue weighted by atomic mass is 9.97. The molecule has 0 bridgehead atoms. The number of rotatable bonds is 6. The predicted molar refractivity (Wildman–Crippen MR) is 91.7 cm³/mol. The predicted octanol–water partition coefficient (Wildman–Crippen LogP) is 4.07. The molecule has 0 spiro atoms. The van der Waals surface area contributed by atoms with Crippen LogP contribution >= 0.6 is 0 Å². The molecule has 1 aliphatic rings. The zero-order chi connectivity index (χ0) is 19.8. The van der Waals surface area contributed by atoms with Gasteiger partial charge in [0.15, 0.2) is 6.61 Å². The summed E-state index contributed by atoms with van der Waals surface area (Å²) in [5.41, 5.74) is 0.673. The highest BCUT2D eigenvalue weighted by molar-refractivity contribution is 5.68. The van der Waals surface area contributed by atoms with Crippen LogP contribution in [0.4, 0.5) is 13.2 Å². The fourth-order valence-electron chi connectivity index (χ4n) is 3.24. The molecule has 0 saturated heterocycles. The van der Waals surface area contributed by atoms with Crippen molar-refractivity contribution < 1.29 is 32.5 Å². The van der Waals surface area contributed by atoms with E-state index in [-0.39, 0.29) is 24.2 Å². The Morgan fingerprint density at radius 1 is 1.15 bits per heavy atom. The van der Waals surface area contributed by atoms with Crippen LogP contribution in [-0.4, -0.2) is 23.3 Å². The van der Waals surface area contributed by atoms with Crippen molar-refractivity contribution in [3.05, 3.63) is 58.4 Å². The van der Waals surface area contributed by atoms with Crippen molar-refractivity contribution >= 4 is 5.97 Å². The van der Waals surface area contributed by atoms with Crippen LogP contribution in [0.15, 0.2) is 24.3 Å². The van der Waals surface area contributed by atoms with Crippen molar-refractivity contribution in [1.82, 2.24) is 0 Å². The van der Waals surface area contributed by atoms with E-state index in [9.17, 15) is 18.0 Å². The smallest absolute Gasteiger partial charge is 0.341 e. The monoisotopic (exact) mass is 380 g/mol. The number of aliphatic carboxylic acids is 1. The highest BCUT2D eigenvalue weighted by Gasteiger charge is 2.32. The molecule has 0 amide bonds. The van der Waals surface area contributed by atoms with Gasteiger partial charge in [0.25, 0.3) is 0 Å². The molecule has 0 atom stereocenters. The molecule has 0 saturated carbocycles. The van der Waals surface area contributed by atoms with E-state index >= 15 is 0 Å². The molecule has 144 valence electrons. The number of ether oxygens (including phenoxy) is 2. The Kier molecular flexibility index (Phi) is 5.04. The standard InChI is InChI=1S/C20H19F3O4/c1-20(2)9-12-6-13(21)5-11(19(12)27-20)3-4-15-16(22)7-14(8-17(15)23)26-10-18(24)25/h5-8H,3-4,9-10H2,1-2H3,(H,24,25). The fourth-order valence-corrected chi connectivity index (χ4v) is 3.24. The maximum atomic E-state index is 14.2. The van der Waals surface area contributed by atoms with Gasteiger partial charge in [-0.2, -0.15) is 0 Å². The summed E-state index contributed by atoms with van der Waals surface area (Å²) in [4.78, 5) is 10.5. The van der Waals surface area contributed by atoms with Gasteiger partial charge in [0, 0.05) is 29.7 Å². The first-order valence-corrected chi connectivity index (χ1v) is 8.47. The van der Waals surface area contributed by atoms with Gasteiger partial charge in [-0.25, -0.2) is 18.0 Å². The molecule has 0 aliphatic carbocycles. The quantitative estimate of drug-likeness (QED) is 0.821. The summed E-state index contributed by atoms with van der Waals surface area (Å²) in [7, 11) is 0. The normalized spacial score (nSPS) is 14.6. The van der Waals surface area contributed by atoms with E-state index < -0.39 is 35.6 Å². The number of benzene rings is 2. The summed E-state index contributed by atoms with van der Waals surface area (Å²) in [6.07, 6.45) is 0.751. The second-order valence-electron chi connectivity index (χ2n) is 7.14. The average molecular weight is 380 g/mol. The molecule has 4 nitrogen and oxygen atoms in total. The van der Waals surface area contributed by atoms with E-state index in [1.165, 1.54) is 12.1 Å². The van der Waals surface area contributed by atoms with Gasteiger partial charge in [0.1, 0.15) is 34.6 Å². The third-order valence-electron chi connectivity index (χ3n) is 4.32. The molecule has 7 heteroatoms. The van der Waals surface area contributed by atoms with Gasteiger partial charge in [-0.1, -0.05) is 0 Å². The Morgan fingerprint density at radius 3 is 2.44 bits per heavy atom. The Hall–Kier alpha value is -2.70. The van der Waals surface area contributed by atoms with Crippen LogP contribution in [0.1, 0.15) is 30.5 Å². The first-order chi connectivity index (χ1) is 12.6. The summed E-state index contributed by atoms with van der Waals surface area (Å²) in [6.45, 7) is 3.09. The number of aryl methyl sites for hydroxylation is 1. The van der Waals surface area contributed by atoms with Gasteiger partial charge in [-0.15, -0.1) is 0 Å². The fraction of sp³-hybridized carbons (Fsp3) is 0.350. The first kappa shape index (κ1) is 19.1. The third kappa shape index (κ3) is 4.35. The van der Waals surface area contributed by atoms with E-state index in [0.717, 1.165) is 17.7 Å². The van der Waals surface area contributed by atoms with Crippen LogP contribution in [0.5, 0.6) is 11.5 Å². The number of fused-ring (bicyclic) bond motifs is 1. The number of hydrogen-bond donors (Lipinski definition) is 1. The Bertz CT molecular complexity index is 870. The van der Waals surface area contributed by atoms with Crippen LogP contribution in [0, 0.1) is 17.5 Å². The second-order valence-corrected chi connectivity index (χ2v) is 7.14. The topological polar surface area (TPSA) is 55.8 Å². The van der Waals surface area contributed by atoms with E-state index in [1.807, 2.05) is 13.8 Å². The van der Waals surface area contributed by atoms with Gasteiger partial charge >= 0.3 is 5.97 Å². The zero-order valence-corrected chi connectivity index (χ0v) is 14.9. The molecule has 0 aromatic heterocycles. The van der Waals surface area contributed by atoms with Crippen molar-refractivity contribution in [2.24, 2.45) is 0 Å². The van der Waals surface area contributed by atoms with E-state index in [4.69, 9.17) is 14.6 Å². The van der Waals surface area contributed by atoms with Crippen LogP contribution < -0.4 is 9.47 Å². The summed E-state index contributed by atoms with van der Waals surface area (Å²) < 4.78 is 53.0. The van der Waals surface area contributed by atoms with Gasteiger partial charge in [0.05, 0.1) is 0 Å². The second kappa shape index (κ2) is 7.13. The highest BCUT2D eigenvalue weighted by atomic mass is 19.1. The van der Waals surface area contributed by atoms with Crippen LogP contribution in [-0.2, 0) is 24.1 Å². The molecule has 3 rings (SSSR count). The number of halogens is 3.